The molecule has 0 bridgehead atoms. The molecular weight excluding hydrogens is 499 g/mol. The standard InChI is InChI=1S/C21H42N4O4.HI/c1-7-22-19(23-10-8-11-27-15-18-9-12-28-16-18)24-13-17(2)14-25(6)20(26)29-21(3,4)5;/h17-18H,7-16H2,1-6H3,(H2,22,23,24);1H. The monoisotopic (exact) mass is 542 g/mol. The molecular formula is C21H43IN4O4. The predicted molar refractivity (Wildman–Crippen MR) is 132 cm³/mol. The van der Waals surface area contributed by atoms with Crippen molar-refractivity contribution in [3.05, 3.63) is 0 Å². The summed E-state index contributed by atoms with van der Waals surface area (Å²) in [6.45, 7) is 15.8. The Balaban J connectivity index is 0.00000841. The topological polar surface area (TPSA) is 84.4 Å². The van der Waals surface area contributed by atoms with Crippen LogP contribution in [0, 0.1) is 11.8 Å². The second-order valence-electron chi connectivity index (χ2n) is 8.77. The molecule has 2 N–H and O–H groups in total. The lowest BCUT2D eigenvalue weighted by Crippen LogP contribution is -2.39. The number of nitrogens with one attached hydrogen (secondary N) is 2. The summed E-state index contributed by atoms with van der Waals surface area (Å²) in [5.41, 5.74) is -0.483. The van der Waals surface area contributed by atoms with Gasteiger partial charge in [0, 0.05) is 52.4 Å². The molecule has 0 aromatic rings. The molecule has 1 rings (SSSR count). The van der Waals surface area contributed by atoms with Gasteiger partial charge in [-0.25, -0.2) is 4.79 Å². The quantitative estimate of drug-likeness (QED) is 0.181. The summed E-state index contributed by atoms with van der Waals surface area (Å²) in [5.74, 6) is 1.57. The van der Waals surface area contributed by atoms with E-state index in [1.54, 1.807) is 11.9 Å². The van der Waals surface area contributed by atoms with Crippen LogP contribution in [-0.4, -0.2) is 82.2 Å². The van der Waals surface area contributed by atoms with Crippen LogP contribution in [0.2, 0.25) is 0 Å². The number of hydrogen-bond acceptors (Lipinski definition) is 5. The highest BCUT2D eigenvalue weighted by molar-refractivity contribution is 14.0. The second-order valence-corrected chi connectivity index (χ2v) is 8.77. The molecule has 1 fully saturated rings. The molecule has 0 aromatic carbocycles. The maximum absolute atomic E-state index is 12.1. The lowest BCUT2D eigenvalue weighted by Gasteiger charge is -2.26. The van der Waals surface area contributed by atoms with Crippen molar-refractivity contribution in [1.29, 1.82) is 0 Å². The number of carbonyl (C=O) groups is 1. The fraction of sp³-hybridized carbons (Fsp3) is 0.905. The summed E-state index contributed by atoms with van der Waals surface area (Å²) in [6, 6.07) is 0. The van der Waals surface area contributed by atoms with Crippen molar-refractivity contribution in [3.63, 3.8) is 0 Å². The Morgan fingerprint density at radius 3 is 2.67 bits per heavy atom. The Morgan fingerprint density at radius 2 is 2.07 bits per heavy atom. The highest BCUT2D eigenvalue weighted by Gasteiger charge is 2.20. The minimum Gasteiger partial charge on any atom is -0.444 e. The minimum absolute atomic E-state index is 0. The van der Waals surface area contributed by atoms with E-state index in [2.05, 4.69) is 22.5 Å². The first-order valence-electron chi connectivity index (χ1n) is 10.8. The van der Waals surface area contributed by atoms with Gasteiger partial charge in [0.15, 0.2) is 5.96 Å². The zero-order valence-electron chi connectivity index (χ0n) is 19.7. The fourth-order valence-electron chi connectivity index (χ4n) is 2.87. The summed E-state index contributed by atoms with van der Waals surface area (Å²) in [6.07, 6.45) is 1.73. The van der Waals surface area contributed by atoms with E-state index in [0.717, 1.165) is 58.3 Å². The van der Waals surface area contributed by atoms with Crippen molar-refractivity contribution >= 4 is 36.0 Å². The molecule has 0 aromatic heterocycles. The van der Waals surface area contributed by atoms with E-state index < -0.39 is 5.60 Å². The third kappa shape index (κ3) is 14.2. The van der Waals surface area contributed by atoms with Gasteiger partial charge in [-0.1, -0.05) is 6.92 Å². The van der Waals surface area contributed by atoms with E-state index in [-0.39, 0.29) is 36.0 Å². The van der Waals surface area contributed by atoms with Crippen LogP contribution in [0.25, 0.3) is 0 Å². The highest BCUT2D eigenvalue weighted by Crippen LogP contribution is 2.12. The van der Waals surface area contributed by atoms with E-state index in [1.165, 1.54) is 0 Å². The van der Waals surface area contributed by atoms with Gasteiger partial charge in [-0.15, -0.1) is 24.0 Å². The Hall–Kier alpha value is -0.810. The van der Waals surface area contributed by atoms with Crippen LogP contribution >= 0.6 is 24.0 Å². The van der Waals surface area contributed by atoms with Crippen molar-refractivity contribution in [2.75, 3.05) is 59.7 Å². The molecule has 178 valence electrons. The van der Waals surface area contributed by atoms with Gasteiger partial charge in [-0.2, -0.15) is 0 Å². The number of rotatable bonds is 11. The normalized spacial score (nSPS) is 17.8. The molecule has 30 heavy (non-hydrogen) atoms. The molecule has 9 heteroatoms. The van der Waals surface area contributed by atoms with Crippen molar-refractivity contribution in [1.82, 2.24) is 15.5 Å². The largest absolute Gasteiger partial charge is 0.444 e. The number of halogens is 1. The molecule has 0 radical (unpaired) electrons. The molecule has 1 saturated heterocycles. The van der Waals surface area contributed by atoms with Crippen LogP contribution in [0.4, 0.5) is 4.79 Å². The summed E-state index contributed by atoms with van der Waals surface area (Å²) in [5, 5.41) is 6.60. The number of amides is 1. The Labute approximate surface area is 199 Å². The number of guanidine groups is 1. The molecule has 2 atom stereocenters. The van der Waals surface area contributed by atoms with Crippen LogP contribution in [0.1, 0.15) is 47.5 Å². The highest BCUT2D eigenvalue weighted by atomic mass is 127. The first-order chi connectivity index (χ1) is 13.7. The molecule has 1 heterocycles. The summed E-state index contributed by atoms with van der Waals surface area (Å²) in [7, 11) is 1.76. The molecule has 0 saturated carbocycles. The van der Waals surface area contributed by atoms with Gasteiger partial charge in [0.05, 0.1) is 13.2 Å². The van der Waals surface area contributed by atoms with Crippen molar-refractivity contribution in [2.45, 2.75) is 53.1 Å². The Kier molecular flexibility index (Phi) is 15.5. The number of ether oxygens (including phenoxy) is 3. The van der Waals surface area contributed by atoms with Crippen molar-refractivity contribution in [3.8, 4) is 0 Å². The van der Waals surface area contributed by atoms with E-state index in [0.29, 0.717) is 19.0 Å². The Bertz CT molecular complexity index is 494. The van der Waals surface area contributed by atoms with E-state index >= 15 is 0 Å². The van der Waals surface area contributed by atoms with Crippen molar-refractivity contribution < 1.29 is 19.0 Å². The lowest BCUT2D eigenvalue weighted by atomic mass is 10.1. The summed E-state index contributed by atoms with van der Waals surface area (Å²) < 4.78 is 16.5. The maximum Gasteiger partial charge on any atom is 0.410 e. The molecule has 1 amide bonds. The maximum atomic E-state index is 12.1. The van der Waals surface area contributed by atoms with Crippen LogP contribution < -0.4 is 10.6 Å². The fourth-order valence-corrected chi connectivity index (χ4v) is 2.87. The smallest absolute Gasteiger partial charge is 0.410 e. The minimum atomic E-state index is -0.483. The van der Waals surface area contributed by atoms with Gasteiger partial charge in [-0.05, 0) is 46.5 Å². The van der Waals surface area contributed by atoms with E-state index in [4.69, 9.17) is 14.2 Å². The van der Waals surface area contributed by atoms with Crippen LogP contribution in [0.3, 0.4) is 0 Å². The average molecular weight is 543 g/mol. The van der Waals surface area contributed by atoms with Gasteiger partial charge in [-0.3, -0.25) is 4.99 Å². The summed E-state index contributed by atoms with van der Waals surface area (Å²) >= 11 is 0. The Morgan fingerprint density at radius 1 is 1.33 bits per heavy atom. The molecule has 2 unspecified atom stereocenters. The molecule has 0 aliphatic carbocycles. The van der Waals surface area contributed by atoms with E-state index in [9.17, 15) is 4.79 Å². The van der Waals surface area contributed by atoms with E-state index in [1.807, 2.05) is 27.7 Å². The summed E-state index contributed by atoms with van der Waals surface area (Å²) in [4.78, 5) is 18.3. The number of hydrogen-bond donors (Lipinski definition) is 2. The third-order valence-electron chi connectivity index (χ3n) is 4.33. The zero-order chi connectivity index (χ0) is 21.7. The van der Waals surface area contributed by atoms with Gasteiger partial charge in [0.25, 0.3) is 0 Å². The van der Waals surface area contributed by atoms with Gasteiger partial charge >= 0.3 is 6.09 Å². The molecule has 1 aliphatic rings. The van der Waals surface area contributed by atoms with Gasteiger partial charge in [0.1, 0.15) is 5.60 Å². The second kappa shape index (κ2) is 15.9. The zero-order valence-corrected chi connectivity index (χ0v) is 22.0. The molecule has 1 aliphatic heterocycles. The molecule has 8 nitrogen and oxygen atoms in total. The average Bonchev–Trinajstić information content (AvgIpc) is 3.14. The first-order valence-corrected chi connectivity index (χ1v) is 10.8. The van der Waals surface area contributed by atoms with Gasteiger partial charge in [0.2, 0.25) is 0 Å². The third-order valence-corrected chi connectivity index (χ3v) is 4.33. The number of carbonyl (C=O) groups excluding carboxylic acids is 1. The molecule has 0 spiro atoms. The van der Waals surface area contributed by atoms with Crippen LogP contribution in [-0.2, 0) is 14.2 Å². The predicted octanol–water partition coefficient (Wildman–Crippen LogP) is 3.11. The van der Waals surface area contributed by atoms with Crippen molar-refractivity contribution in [2.24, 2.45) is 16.8 Å². The van der Waals surface area contributed by atoms with Crippen LogP contribution in [0.5, 0.6) is 0 Å². The SMILES string of the molecule is CCNC(=NCC(C)CN(C)C(=O)OC(C)(C)C)NCCCOCC1CCOC1.I. The first kappa shape index (κ1) is 29.2. The number of aliphatic imine (C=N–C) groups is 1. The van der Waals surface area contributed by atoms with Crippen LogP contribution in [0.15, 0.2) is 4.99 Å². The lowest BCUT2D eigenvalue weighted by molar-refractivity contribution is 0.0279. The number of nitrogens with zero attached hydrogens (tertiary/aromatic N) is 2. The van der Waals surface area contributed by atoms with Gasteiger partial charge < -0.3 is 29.7 Å².